The summed E-state index contributed by atoms with van der Waals surface area (Å²) < 4.78 is 0. The monoisotopic (exact) mass is 259 g/mol. The smallest absolute Gasteiger partial charge is 0.0378 e. The molecule has 0 unspecified atom stereocenters. The maximum Gasteiger partial charge on any atom is 0.0378 e. The molecule has 98 valence electrons. The zero-order valence-corrected chi connectivity index (χ0v) is 11.4. The highest BCUT2D eigenvalue weighted by atomic mass is 14.9. The van der Waals surface area contributed by atoms with E-state index in [0.29, 0.717) is 0 Å². The second kappa shape index (κ2) is 4.68. The number of anilines is 1. The van der Waals surface area contributed by atoms with Crippen LogP contribution in [-0.2, 0) is 6.42 Å². The number of benzene rings is 3. The summed E-state index contributed by atoms with van der Waals surface area (Å²) in [6.07, 6.45) is 2.39. The van der Waals surface area contributed by atoms with Crippen molar-refractivity contribution in [3.8, 4) is 11.1 Å². The lowest BCUT2D eigenvalue weighted by atomic mass is 9.92. The molecule has 1 heterocycles. The van der Waals surface area contributed by atoms with Gasteiger partial charge in [-0.2, -0.15) is 0 Å². The van der Waals surface area contributed by atoms with E-state index in [4.69, 9.17) is 0 Å². The van der Waals surface area contributed by atoms with Gasteiger partial charge in [0.25, 0.3) is 0 Å². The van der Waals surface area contributed by atoms with Crippen LogP contribution in [0.4, 0.5) is 5.69 Å². The summed E-state index contributed by atoms with van der Waals surface area (Å²) in [4.78, 5) is 0. The maximum absolute atomic E-state index is 3.51. The van der Waals surface area contributed by atoms with Gasteiger partial charge < -0.3 is 5.32 Å². The van der Waals surface area contributed by atoms with Crippen molar-refractivity contribution in [3.63, 3.8) is 0 Å². The van der Waals surface area contributed by atoms with Crippen molar-refractivity contribution in [3.05, 3.63) is 66.2 Å². The average molecular weight is 259 g/mol. The molecule has 0 amide bonds. The van der Waals surface area contributed by atoms with E-state index in [1.807, 2.05) is 0 Å². The highest BCUT2D eigenvalue weighted by molar-refractivity contribution is 5.88. The lowest BCUT2D eigenvalue weighted by Crippen LogP contribution is -2.12. The van der Waals surface area contributed by atoms with Crippen molar-refractivity contribution in [1.82, 2.24) is 0 Å². The first kappa shape index (κ1) is 11.5. The topological polar surface area (TPSA) is 12.0 Å². The molecule has 0 aromatic heterocycles. The molecule has 0 fully saturated rings. The number of hydrogen-bond donors (Lipinski definition) is 1. The predicted molar refractivity (Wildman–Crippen MR) is 86.2 cm³/mol. The Labute approximate surface area is 119 Å². The number of rotatable bonds is 1. The van der Waals surface area contributed by atoms with Crippen LogP contribution in [-0.4, -0.2) is 6.54 Å². The van der Waals surface area contributed by atoms with Gasteiger partial charge in [0, 0.05) is 12.2 Å². The quantitative estimate of drug-likeness (QED) is 0.657. The van der Waals surface area contributed by atoms with Crippen molar-refractivity contribution in [2.45, 2.75) is 12.8 Å². The Hall–Kier alpha value is -2.28. The highest BCUT2D eigenvalue weighted by Crippen LogP contribution is 2.33. The van der Waals surface area contributed by atoms with Gasteiger partial charge in [-0.3, -0.25) is 0 Å². The van der Waals surface area contributed by atoms with Gasteiger partial charge in [0.1, 0.15) is 0 Å². The van der Waals surface area contributed by atoms with E-state index in [1.165, 1.54) is 46.0 Å². The standard InChI is InChI=1S/C19H17N/c1-2-6-15-13-16(11-10-14(15)5-1)17-7-3-9-19-18(17)8-4-12-20-19/h1-3,5-7,9-11,13,20H,4,8,12H2. The van der Waals surface area contributed by atoms with Crippen LogP contribution < -0.4 is 5.32 Å². The Morgan fingerprint density at radius 3 is 2.65 bits per heavy atom. The molecule has 0 atom stereocenters. The first-order valence-corrected chi connectivity index (χ1v) is 7.27. The number of nitrogens with one attached hydrogen (secondary N) is 1. The van der Waals surface area contributed by atoms with Gasteiger partial charge >= 0.3 is 0 Å². The predicted octanol–water partition coefficient (Wildman–Crippen LogP) is 4.86. The van der Waals surface area contributed by atoms with Crippen molar-refractivity contribution in [2.75, 3.05) is 11.9 Å². The molecule has 1 heteroatoms. The van der Waals surface area contributed by atoms with Crippen LogP contribution in [0.25, 0.3) is 21.9 Å². The average Bonchev–Trinajstić information content (AvgIpc) is 2.54. The van der Waals surface area contributed by atoms with E-state index in [2.05, 4.69) is 66.0 Å². The molecule has 4 rings (SSSR count). The molecule has 1 N–H and O–H groups in total. The highest BCUT2D eigenvalue weighted by Gasteiger charge is 2.13. The van der Waals surface area contributed by atoms with Crippen molar-refractivity contribution >= 4 is 16.5 Å². The normalized spacial score (nSPS) is 13.8. The van der Waals surface area contributed by atoms with Gasteiger partial charge in [-0.15, -0.1) is 0 Å². The fourth-order valence-electron chi connectivity index (χ4n) is 3.14. The summed E-state index contributed by atoms with van der Waals surface area (Å²) in [6.45, 7) is 1.09. The van der Waals surface area contributed by atoms with Crippen molar-refractivity contribution in [2.24, 2.45) is 0 Å². The van der Waals surface area contributed by atoms with Crippen LogP contribution in [0, 0.1) is 0 Å². The van der Waals surface area contributed by atoms with Crippen molar-refractivity contribution < 1.29 is 0 Å². The fraction of sp³-hybridized carbons (Fsp3) is 0.158. The molecule has 1 nitrogen and oxygen atoms in total. The molecule has 0 bridgehead atoms. The largest absolute Gasteiger partial charge is 0.385 e. The van der Waals surface area contributed by atoms with Gasteiger partial charge in [-0.25, -0.2) is 0 Å². The minimum Gasteiger partial charge on any atom is -0.385 e. The third-order valence-electron chi connectivity index (χ3n) is 4.16. The zero-order valence-electron chi connectivity index (χ0n) is 11.4. The van der Waals surface area contributed by atoms with Gasteiger partial charge in [-0.05, 0) is 52.4 Å². The van der Waals surface area contributed by atoms with E-state index in [9.17, 15) is 0 Å². The SMILES string of the molecule is c1cc2c(c(-c3ccc4ccccc4c3)c1)CCCN2. The van der Waals surface area contributed by atoms with Gasteiger partial charge in [0.05, 0.1) is 0 Å². The molecule has 0 aliphatic carbocycles. The van der Waals surface area contributed by atoms with Crippen LogP contribution in [0.15, 0.2) is 60.7 Å². The Morgan fingerprint density at radius 1 is 0.800 bits per heavy atom. The molecule has 1 aliphatic rings. The Kier molecular flexibility index (Phi) is 2.70. The lowest BCUT2D eigenvalue weighted by molar-refractivity contribution is 0.832. The Morgan fingerprint density at radius 2 is 1.70 bits per heavy atom. The fourth-order valence-corrected chi connectivity index (χ4v) is 3.14. The zero-order chi connectivity index (χ0) is 13.4. The Bertz CT molecular complexity index is 774. The van der Waals surface area contributed by atoms with E-state index >= 15 is 0 Å². The van der Waals surface area contributed by atoms with Gasteiger partial charge in [-0.1, -0.05) is 48.5 Å². The molecule has 20 heavy (non-hydrogen) atoms. The van der Waals surface area contributed by atoms with Crippen LogP contribution in [0.5, 0.6) is 0 Å². The molecule has 0 spiro atoms. The second-order valence-electron chi connectivity index (χ2n) is 5.42. The number of hydrogen-bond acceptors (Lipinski definition) is 1. The third kappa shape index (κ3) is 1.87. The summed E-state index contributed by atoms with van der Waals surface area (Å²) in [5, 5.41) is 6.13. The molecule has 0 saturated heterocycles. The molecular formula is C19H17N. The van der Waals surface area contributed by atoms with Crippen LogP contribution in [0.1, 0.15) is 12.0 Å². The molecular weight excluding hydrogens is 242 g/mol. The molecule has 0 radical (unpaired) electrons. The van der Waals surface area contributed by atoms with E-state index < -0.39 is 0 Å². The van der Waals surface area contributed by atoms with Gasteiger partial charge in [0.15, 0.2) is 0 Å². The molecule has 3 aromatic carbocycles. The molecule has 1 aliphatic heterocycles. The molecule has 0 saturated carbocycles. The first-order chi connectivity index (χ1) is 9.92. The lowest BCUT2D eigenvalue weighted by Gasteiger charge is -2.21. The summed E-state index contributed by atoms with van der Waals surface area (Å²) in [5.41, 5.74) is 5.47. The van der Waals surface area contributed by atoms with Gasteiger partial charge in [0.2, 0.25) is 0 Å². The second-order valence-corrected chi connectivity index (χ2v) is 5.42. The third-order valence-corrected chi connectivity index (χ3v) is 4.16. The summed E-state index contributed by atoms with van der Waals surface area (Å²) >= 11 is 0. The van der Waals surface area contributed by atoms with Crippen LogP contribution in [0.3, 0.4) is 0 Å². The Balaban J connectivity index is 1.90. The van der Waals surface area contributed by atoms with Crippen LogP contribution >= 0.6 is 0 Å². The summed E-state index contributed by atoms with van der Waals surface area (Å²) in [7, 11) is 0. The minimum absolute atomic E-state index is 1.09. The van der Waals surface area contributed by atoms with E-state index in [1.54, 1.807) is 0 Å². The van der Waals surface area contributed by atoms with E-state index in [-0.39, 0.29) is 0 Å². The first-order valence-electron chi connectivity index (χ1n) is 7.27. The summed E-state index contributed by atoms with van der Waals surface area (Å²) in [6, 6.07) is 21.9. The molecule has 3 aromatic rings. The van der Waals surface area contributed by atoms with E-state index in [0.717, 1.165) is 6.54 Å². The van der Waals surface area contributed by atoms with Crippen LogP contribution in [0.2, 0.25) is 0 Å². The van der Waals surface area contributed by atoms with Crippen molar-refractivity contribution in [1.29, 1.82) is 0 Å². The minimum atomic E-state index is 1.09. The summed E-state index contributed by atoms with van der Waals surface area (Å²) in [5.74, 6) is 0. The number of fused-ring (bicyclic) bond motifs is 2. The maximum atomic E-state index is 3.51.